The van der Waals surface area contributed by atoms with E-state index in [0.717, 1.165) is 17.5 Å². The number of nitrogens with zero attached hydrogens (tertiary/aromatic N) is 1. The zero-order chi connectivity index (χ0) is 25.0. The van der Waals surface area contributed by atoms with Crippen LogP contribution in [0.15, 0.2) is 84.9 Å². The lowest BCUT2D eigenvalue weighted by molar-refractivity contribution is -0.139. The van der Waals surface area contributed by atoms with Crippen LogP contribution in [0.2, 0.25) is 0 Å². The molecule has 4 nitrogen and oxygen atoms in total. The largest absolute Gasteiger partial charge is 0.352 e. The Bertz CT molecular complexity index is 1080. The smallest absolute Gasteiger partial charge is 0.243 e. The second-order valence-corrected chi connectivity index (χ2v) is 9.60. The second kappa shape index (κ2) is 13.7. The van der Waals surface area contributed by atoms with E-state index in [-0.39, 0.29) is 29.4 Å². The Morgan fingerprint density at radius 2 is 1.51 bits per heavy atom. The van der Waals surface area contributed by atoms with Crippen molar-refractivity contribution in [2.24, 2.45) is 0 Å². The van der Waals surface area contributed by atoms with E-state index in [2.05, 4.69) is 5.32 Å². The summed E-state index contributed by atoms with van der Waals surface area (Å²) in [5.41, 5.74) is 2.51. The van der Waals surface area contributed by atoms with Crippen molar-refractivity contribution in [3.05, 3.63) is 107 Å². The minimum Gasteiger partial charge on any atom is -0.352 e. The minimum absolute atomic E-state index is 0.00452. The molecular formula is C29H33FN2O2S. The van der Waals surface area contributed by atoms with E-state index in [9.17, 15) is 14.0 Å². The molecule has 184 valence electrons. The summed E-state index contributed by atoms with van der Waals surface area (Å²) in [4.78, 5) is 28.7. The molecule has 1 N–H and O–H groups in total. The maximum Gasteiger partial charge on any atom is 0.243 e. The van der Waals surface area contributed by atoms with Gasteiger partial charge in [0.15, 0.2) is 0 Å². The van der Waals surface area contributed by atoms with Crippen molar-refractivity contribution in [2.75, 3.05) is 5.75 Å². The molecular weight excluding hydrogens is 459 g/mol. The molecule has 3 aromatic rings. The Kier molecular flexibility index (Phi) is 10.4. The van der Waals surface area contributed by atoms with Gasteiger partial charge in [0.25, 0.3) is 0 Å². The summed E-state index contributed by atoms with van der Waals surface area (Å²) in [5.74, 6) is -0.0335. The van der Waals surface area contributed by atoms with Gasteiger partial charge < -0.3 is 10.2 Å². The lowest BCUT2D eigenvalue weighted by Crippen LogP contribution is -2.52. The Morgan fingerprint density at radius 3 is 2.14 bits per heavy atom. The van der Waals surface area contributed by atoms with E-state index in [4.69, 9.17) is 0 Å². The summed E-state index contributed by atoms with van der Waals surface area (Å²) in [6, 6.07) is 25.4. The number of nitrogens with one attached hydrogen (secondary N) is 1. The highest BCUT2D eigenvalue weighted by atomic mass is 32.2. The summed E-state index contributed by atoms with van der Waals surface area (Å²) in [6.07, 6.45) is 1.22. The van der Waals surface area contributed by atoms with Crippen molar-refractivity contribution < 1.29 is 14.0 Å². The first kappa shape index (κ1) is 26.5. The molecule has 0 aromatic heterocycles. The number of thioether (sulfide) groups is 1. The number of hydrogen-bond donors (Lipinski definition) is 1. The van der Waals surface area contributed by atoms with Crippen LogP contribution in [0.4, 0.5) is 4.39 Å². The highest BCUT2D eigenvalue weighted by Crippen LogP contribution is 2.20. The van der Waals surface area contributed by atoms with E-state index >= 15 is 0 Å². The number of benzene rings is 3. The number of halogens is 1. The zero-order valence-electron chi connectivity index (χ0n) is 20.3. The van der Waals surface area contributed by atoms with Crippen molar-refractivity contribution in [3.8, 4) is 0 Å². The molecule has 3 aromatic carbocycles. The van der Waals surface area contributed by atoms with Gasteiger partial charge in [-0.2, -0.15) is 0 Å². The molecule has 2 amide bonds. The molecule has 2 unspecified atom stereocenters. The van der Waals surface area contributed by atoms with Crippen LogP contribution in [0.5, 0.6) is 0 Å². The monoisotopic (exact) mass is 492 g/mol. The molecule has 3 rings (SSSR count). The molecule has 2 atom stereocenters. The van der Waals surface area contributed by atoms with Gasteiger partial charge in [-0.15, -0.1) is 11.8 Å². The van der Waals surface area contributed by atoms with Crippen molar-refractivity contribution >= 4 is 23.6 Å². The fourth-order valence-electron chi connectivity index (χ4n) is 3.72. The standard InChI is InChI=1S/C29H33FN2O2S/c1-3-22(2)31-29(34)27(18-23-12-6-4-7-13-23)32(19-24-14-8-5-9-15-24)28(33)21-35-20-25-16-10-11-17-26(25)30/h4-17,22,27H,3,18-21H2,1-2H3,(H,31,34). The van der Waals surface area contributed by atoms with E-state index < -0.39 is 6.04 Å². The lowest BCUT2D eigenvalue weighted by atomic mass is 10.0. The molecule has 0 saturated carbocycles. The van der Waals surface area contributed by atoms with Crippen LogP contribution in [0.3, 0.4) is 0 Å². The second-order valence-electron chi connectivity index (χ2n) is 8.61. The molecule has 0 aliphatic carbocycles. The van der Waals surface area contributed by atoms with Crippen LogP contribution in [0.1, 0.15) is 37.0 Å². The maximum atomic E-state index is 14.0. The van der Waals surface area contributed by atoms with E-state index in [1.807, 2.05) is 74.5 Å². The Labute approximate surface area is 211 Å². The first-order valence-electron chi connectivity index (χ1n) is 12.0. The summed E-state index contributed by atoms with van der Waals surface area (Å²) in [6.45, 7) is 4.31. The topological polar surface area (TPSA) is 49.4 Å². The molecule has 0 saturated heterocycles. The fraction of sp³-hybridized carbons (Fsp3) is 0.310. The van der Waals surface area contributed by atoms with E-state index in [1.165, 1.54) is 17.8 Å². The fourth-order valence-corrected chi connectivity index (χ4v) is 4.62. The van der Waals surface area contributed by atoms with Gasteiger partial charge in [-0.05, 0) is 36.1 Å². The van der Waals surface area contributed by atoms with E-state index in [0.29, 0.717) is 24.3 Å². The molecule has 0 spiro atoms. The van der Waals surface area contributed by atoms with Crippen LogP contribution in [-0.4, -0.2) is 34.6 Å². The lowest BCUT2D eigenvalue weighted by Gasteiger charge is -2.32. The summed E-state index contributed by atoms with van der Waals surface area (Å²) in [5, 5.41) is 3.07. The number of hydrogen-bond acceptors (Lipinski definition) is 3. The Balaban J connectivity index is 1.84. The van der Waals surface area contributed by atoms with Crippen molar-refractivity contribution in [1.29, 1.82) is 0 Å². The molecule has 0 radical (unpaired) electrons. The molecule has 0 heterocycles. The van der Waals surface area contributed by atoms with Crippen LogP contribution in [0.25, 0.3) is 0 Å². The molecule has 6 heteroatoms. The van der Waals surface area contributed by atoms with Gasteiger partial charge in [0.1, 0.15) is 11.9 Å². The van der Waals surface area contributed by atoms with Gasteiger partial charge >= 0.3 is 0 Å². The van der Waals surface area contributed by atoms with Gasteiger partial charge in [-0.3, -0.25) is 9.59 Å². The first-order valence-corrected chi connectivity index (χ1v) is 13.1. The van der Waals surface area contributed by atoms with Gasteiger partial charge in [-0.1, -0.05) is 85.8 Å². The van der Waals surface area contributed by atoms with Crippen LogP contribution >= 0.6 is 11.8 Å². The van der Waals surface area contributed by atoms with Crippen molar-refractivity contribution in [2.45, 2.75) is 51.1 Å². The molecule has 35 heavy (non-hydrogen) atoms. The average Bonchev–Trinajstić information content (AvgIpc) is 2.88. The molecule has 0 fully saturated rings. The van der Waals surface area contributed by atoms with Gasteiger partial charge in [-0.25, -0.2) is 4.39 Å². The first-order chi connectivity index (χ1) is 17.0. The number of carbonyl (C=O) groups excluding carboxylic acids is 2. The van der Waals surface area contributed by atoms with Crippen molar-refractivity contribution in [3.63, 3.8) is 0 Å². The highest BCUT2D eigenvalue weighted by Gasteiger charge is 2.30. The number of rotatable bonds is 12. The van der Waals surface area contributed by atoms with Crippen LogP contribution in [-0.2, 0) is 28.3 Å². The van der Waals surface area contributed by atoms with E-state index in [1.54, 1.807) is 23.1 Å². The van der Waals surface area contributed by atoms with Gasteiger partial charge in [0, 0.05) is 24.8 Å². The average molecular weight is 493 g/mol. The summed E-state index contributed by atoms with van der Waals surface area (Å²) in [7, 11) is 0. The van der Waals surface area contributed by atoms with Crippen molar-refractivity contribution in [1.82, 2.24) is 10.2 Å². The third kappa shape index (κ3) is 8.25. The van der Waals surface area contributed by atoms with Crippen LogP contribution in [0, 0.1) is 5.82 Å². The zero-order valence-corrected chi connectivity index (χ0v) is 21.1. The maximum absolute atomic E-state index is 14.0. The van der Waals surface area contributed by atoms with Gasteiger partial charge in [0.05, 0.1) is 5.75 Å². The van der Waals surface area contributed by atoms with Gasteiger partial charge in [0.2, 0.25) is 11.8 Å². The normalized spacial score (nSPS) is 12.5. The van der Waals surface area contributed by atoms with Crippen LogP contribution < -0.4 is 5.32 Å². The molecule has 0 aliphatic rings. The Hall–Kier alpha value is -3.12. The Morgan fingerprint density at radius 1 is 0.914 bits per heavy atom. The third-order valence-corrected chi connectivity index (χ3v) is 6.88. The minimum atomic E-state index is -0.659. The molecule has 0 bridgehead atoms. The quantitative estimate of drug-likeness (QED) is 0.357. The predicted molar refractivity (Wildman–Crippen MR) is 141 cm³/mol. The third-order valence-electron chi connectivity index (χ3n) is 5.91. The number of amides is 2. The summed E-state index contributed by atoms with van der Waals surface area (Å²) < 4.78 is 14.0. The predicted octanol–water partition coefficient (Wildman–Crippen LogP) is 5.61. The molecule has 0 aliphatic heterocycles. The number of carbonyl (C=O) groups is 2. The SMILES string of the molecule is CCC(C)NC(=O)C(Cc1ccccc1)N(Cc1ccccc1)C(=O)CSCc1ccccc1F. The summed E-state index contributed by atoms with van der Waals surface area (Å²) >= 11 is 1.36. The highest BCUT2D eigenvalue weighted by molar-refractivity contribution is 7.99.